The van der Waals surface area contributed by atoms with Gasteiger partial charge in [0.25, 0.3) is 0 Å². The zero-order valence-electron chi connectivity index (χ0n) is 11.3. The lowest BCUT2D eigenvalue weighted by Crippen LogP contribution is -2.37. The Hall–Kier alpha value is -1.99. The van der Waals surface area contributed by atoms with Gasteiger partial charge in [-0.15, -0.1) is 0 Å². The summed E-state index contributed by atoms with van der Waals surface area (Å²) in [6.07, 6.45) is 0. The molecule has 2 amide bonds. The fourth-order valence-corrected chi connectivity index (χ4v) is 2.59. The second-order valence-corrected chi connectivity index (χ2v) is 5.41. The zero-order valence-corrected chi connectivity index (χ0v) is 12.2. The van der Waals surface area contributed by atoms with E-state index < -0.39 is 0 Å². The molecule has 0 aliphatic carbocycles. The van der Waals surface area contributed by atoms with E-state index in [1.807, 2.05) is 24.3 Å². The number of carbonyl (C=O) groups is 2. The van der Waals surface area contributed by atoms with E-state index in [0.29, 0.717) is 5.13 Å². The molecule has 0 fully saturated rings. The van der Waals surface area contributed by atoms with Gasteiger partial charge in [-0.25, -0.2) is 4.98 Å². The number of thiazole rings is 1. The van der Waals surface area contributed by atoms with Crippen molar-refractivity contribution in [2.75, 3.05) is 32.5 Å². The van der Waals surface area contributed by atoms with Gasteiger partial charge >= 0.3 is 0 Å². The molecule has 0 aliphatic heterocycles. The number of benzene rings is 1. The maximum Gasteiger partial charge on any atom is 0.240 e. The second kappa shape index (κ2) is 6.44. The molecule has 1 heterocycles. The summed E-state index contributed by atoms with van der Waals surface area (Å²) in [5, 5.41) is 5.84. The van der Waals surface area contributed by atoms with Crippen LogP contribution in [0.25, 0.3) is 10.2 Å². The topological polar surface area (TPSA) is 74.3 Å². The first-order valence-electron chi connectivity index (χ1n) is 6.13. The molecule has 0 bridgehead atoms. The van der Waals surface area contributed by atoms with Crippen molar-refractivity contribution in [3.8, 4) is 0 Å². The molecule has 0 aliphatic rings. The van der Waals surface area contributed by atoms with Crippen LogP contribution in [0.2, 0.25) is 0 Å². The summed E-state index contributed by atoms with van der Waals surface area (Å²) in [4.78, 5) is 29.0. The van der Waals surface area contributed by atoms with Gasteiger partial charge in [-0.05, 0) is 19.2 Å². The Labute approximate surface area is 120 Å². The number of nitrogens with one attached hydrogen (secondary N) is 2. The lowest BCUT2D eigenvalue weighted by Gasteiger charge is -2.14. The van der Waals surface area contributed by atoms with E-state index in [4.69, 9.17) is 0 Å². The lowest BCUT2D eigenvalue weighted by molar-refractivity contribution is -0.122. The Bertz CT molecular complexity index is 593. The molecule has 1 aromatic carbocycles. The van der Waals surface area contributed by atoms with Crippen LogP contribution in [0, 0.1) is 0 Å². The summed E-state index contributed by atoms with van der Waals surface area (Å²) < 4.78 is 1.03. The van der Waals surface area contributed by atoms with Gasteiger partial charge in [0.15, 0.2) is 5.13 Å². The highest BCUT2D eigenvalue weighted by Gasteiger charge is 2.11. The van der Waals surface area contributed by atoms with Crippen LogP contribution >= 0.6 is 11.3 Å². The van der Waals surface area contributed by atoms with Crippen LogP contribution in [0.5, 0.6) is 0 Å². The number of hydrogen-bond acceptors (Lipinski definition) is 5. The SMILES string of the molecule is CNC(=O)CN(C)CC(=O)Nc1nc2ccccc2s1. The second-order valence-electron chi connectivity index (χ2n) is 4.38. The Morgan fingerprint density at radius 3 is 2.65 bits per heavy atom. The van der Waals surface area contributed by atoms with Crippen LogP contribution in [-0.4, -0.2) is 48.9 Å². The van der Waals surface area contributed by atoms with Crippen LogP contribution in [0.1, 0.15) is 0 Å². The Balaban J connectivity index is 1.92. The van der Waals surface area contributed by atoms with Crippen LogP contribution in [0.15, 0.2) is 24.3 Å². The highest BCUT2D eigenvalue weighted by Crippen LogP contribution is 2.25. The number of rotatable bonds is 5. The normalized spacial score (nSPS) is 10.8. The first-order chi connectivity index (χ1) is 9.58. The number of likely N-dealkylation sites (N-methyl/N-ethyl adjacent to an activating group) is 2. The third kappa shape index (κ3) is 3.75. The van der Waals surface area contributed by atoms with E-state index in [-0.39, 0.29) is 24.9 Å². The van der Waals surface area contributed by atoms with Crippen LogP contribution < -0.4 is 10.6 Å². The maximum absolute atomic E-state index is 11.9. The standard InChI is InChI=1S/C13H16N4O2S/c1-14-11(18)7-17(2)8-12(19)16-13-15-9-5-3-4-6-10(9)20-13/h3-6H,7-8H2,1-2H3,(H,14,18)(H,15,16,19). The summed E-state index contributed by atoms with van der Waals surface area (Å²) >= 11 is 1.43. The minimum Gasteiger partial charge on any atom is -0.358 e. The van der Waals surface area contributed by atoms with Crippen molar-refractivity contribution in [2.24, 2.45) is 0 Å². The Morgan fingerprint density at radius 2 is 1.95 bits per heavy atom. The first kappa shape index (κ1) is 14.4. The summed E-state index contributed by atoms with van der Waals surface area (Å²) in [5.74, 6) is -0.309. The molecule has 7 heteroatoms. The van der Waals surface area contributed by atoms with Crippen molar-refractivity contribution in [2.45, 2.75) is 0 Å². The van der Waals surface area contributed by atoms with Crippen LogP contribution in [-0.2, 0) is 9.59 Å². The molecule has 6 nitrogen and oxygen atoms in total. The number of fused-ring (bicyclic) bond motifs is 1. The van der Waals surface area contributed by atoms with Gasteiger partial charge in [-0.2, -0.15) is 0 Å². The summed E-state index contributed by atoms with van der Waals surface area (Å²) in [5.41, 5.74) is 0.867. The third-order valence-corrected chi connectivity index (χ3v) is 3.60. The summed E-state index contributed by atoms with van der Waals surface area (Å²) in [6.45, 7) is 0.326. The monoisotopic (exact) mass is 292 g/mol. The number of amides is 2. The van der Waals surface area contributed by atoms with E-state index in [0.717, 1.165) is 10.2 Å². The molecule has 0 radical (unpaired) electrons. The highest BCUT2D eigenvalue weighted by molar-refractivity contribution is 7.22. The average molecular weight is 292 g/mol. The van der Waals surface area contributed by atoms with E-state index in [1.54, 1.807) is 19.0 Å². The third-order valence-electron chi connectivity index (χ3n) is 2.65. The fourth-order valence-electron chi connectivity index (χ4n) is 1.71. The first-order valence-corrected chi connectivity index (χ1v) is 6.94. The number of hydrogen-bond donors (Lipinski definition) is 2. The molecular formula is C13H16N4O2S. The predicted octanol–water partition coefficient (Wildman–Crippen LogP) is 0.913. The van der Waals surface area contributed by atoms with E-state index in [1.165, 1.54) is 11.3 Å². The molecule has 2 rings (SSSR count). The highest BCUT2D eigenvalue weighted by atomic mass is 32.1. The lowest BCUT2D eigenvalue weighted by atomic mass is 10.3. The molecule has 1 aromatic heterocycles. The Morgan fingerprint density at radius 1 is 1.25 bits per heavy atom. The number of para-hydroxylation sites is 1. The molecule has 0 unspecified atom stereocenters. The van der Waals surface area contributed by atoms with E-state index in [9.17, 15) is 9.59 Å². The molecule has 0 spiro atoms. The molecule has 2 aromatic rings. The van der Waals surface area contributed by atoms with Gasteiger partial charge in [0.05, 0.1) is 23.3 Å². The van der Waals surface area contributed by atoms with Crippen molar-refractivity contribution < 1.29 is 9.59 Å². The van der Waals surface area contributed by atoms with Gasteiger partial charge in [-0.3, -0.25) is 14.5 Å². The number of aromatic nitrogens is 1. The smallest absolute Gasteiger partial charge is 0.240 e. The Kier molecular flexibility index (Phi) is 4.65. The van der Waals surface area contributed by atoms with Gasteiger partial charge < -0.3 is 10.6 Å². The summed E-state index contributed by atoms with van der Waals surface area (Å²) in [7, 11) is 3.28. The molecule has 0 atom stereocenters. The maximum atomic E-state index is 11.9. The molecule has 0 saturated heterocycles. The largest absolute Gasteiger partial charge is 0.358 e. The van der Waals surface area contributed by atoms with Gasteiger partial charge in [-0.1, -0.05) is 23.5 Å². The molecule has 106 valence electrons. The number of carbonyl (C=O) groups excluding carboxylic acids is 2. The van der Waals surface area contributed by atoms with Crippen molar-refractivity contribution in [1.29, 1.82) is 0 Å². The minimum atomic E-state index is -0.185. The molecular weight excluding hydrogens is 276 g/mol. The molecule has 20 heavy (non-hydrogen) atoms. The predicted molar refractivity (Wildman–Crippen MR) is 79.8 cm³/mol. The zero-order chi connectivity index (χ0) is 14.5. The quantitative estimate of drug-likeness (QED) is 0.859. The van der Waals surface area contributed by atoms with Gasteiger partial charge in [0, 0.05) is 7.05 Å². The number of anilines is 1. The van der Waals surface area contributed by atoms with E-state index in [2.05, 4.69) is 15.6 Å². The average Bonchev–Trinajstić information content (AvgIpc) is 2.79. The van der Waals surface area contributed by atoms with Crippen LogP contribution in [0.4, 0.5) is 5.13 Å². The van der Waals surface area contributed by atoms with Crippen LogP contribution in [0.3, 0.4) is 0 Å². The number of nitrogens with zero attached hydrogens (tertiary/aromatic N) is 2. The summed E-state index contributed by atoms with van der Waals surface area (Å²) in [6, 6.07) is 7.70. The molecule has 2 N–H and O–H groups in total. The van der Waals surface area contributed by atoms with E-state index >= 15 is 0 Å². The van der Waals surface area contributed by atoms with Crippen molar-refractivity contribution in [3.63, 3.8) is 0 Å². The minimum absolute atomic E-state index is 0.125. The van der Waals surface area contributed by atoms with Crippen molar-refractivity contribution in [3.05, 3.63) is 24.3 Å². The van der Waals surface area contributed by atoms with Crippen molar-refractivity contribution >= 4 is 38.5 Å². The fraction of sp³-hybridized carbons (Fsp3) is 0.308. The van der Waals surface area contributed by atoms with Gasteiger partial charge in [0.2, 0.25) is 11.8 Å². The molecule has 0 saturated carbocycles. The van der Waals surface area contributed by atoms with Gasteiger partial charge in [0.1, 0.15) is 0 Å². The van der Waals surface area contributed by atoms with Crippen molar-refractivity contribution in [1.82, 2.24) is 15.2 Å².